The van der Waals surface area contributed by atoms with Crippen molar-refractivity contribution in [3.63, 3.8) is 0 Å². The van der Waals surface area contributed by atoms with Crippen LogP contribution in [0.3, 0.4) is 0 Å². The summed E-state index contributed by atoms with van der Waals surface area (Å²) in [5.41, 5.74) is 1.02. The third-order valence-corrected chi connectivity index (χ3v) is 6.88. The van der Waals surface area contributed by atoms with E-state index < -0.39 is 0 Å². The highest BCUT2D eigenvalue weighted by atomic mass is 127. The summed E-state index contributed by atoms with van der Waals surface area (Å²) in [7, 11) is 0. The molecule has 3 rings (SSSR count). The SMILES string of the molecule is CC(C)[C@]12C[C@@H](OCc3ccc(I)cc3)[C@](C)(C[C@@H]1Br)O2. The van der Waals surface area contributed by atoms with Crippen molar-refractivity contribution in [1.82, 2.24) is 0 Å². The van der Waals surface area contributed by atoms with E-state index in [-0.39, 0.29) is 17.3 Å². The zero-order chi connectivity index (χ0) is 15.3. The lowest BCUT2D eigenvalue weighted by Crippen LogP contribution is -2.44. The molecule has 0 aliphatic carbocycles. The maximum Gasteiger partial charge on any atom is 0.0936 e. The first kappa shape index (κ1) is 16.2. The van der Waals surface area contributed by atoms with Crippen LogP contribution in [0.1, 0.15) is 39.2 Å². The number of fused-ring (bicyclic) bond motifs is 2. The molecule has 2 saturated heterocycles. The molecule has 2 aliphatic rings. The van der Waals surface area contributed by atoms with Gasteiger partial charge in [0.05, 0.1) is 23.9 Å². The average Bonchev–Trinajstić information content (AvgIpc) is 2.86. The van der Waals surface area contributed by atoms with Gasteiger partial charge in [0.2, 0.25) is 0 Å². The van der Waals surface area contributed by atoms with Gasteiger partial charge in [-0.15, -0.1) is 0 Å². The van der Waals surface area contributed by atoms with Crippen LogP contribution in [0.15, 0.2) is 24.3 Å². The Hall–Kier alpha value is 0.350. The van der Waals surface area contributed by atoms with Crippen LogP contribution in [-0.4, -0.2) is 22.1 Å². The van der Waals surface area contributed by atoms with Crippen LogP contribution in [0, 0.1) is 9.49 Å². The Bertz CT molecular complexity index is 518. The van der Waals surface area contributed by atoms with Crippen molar-refractivity contribution in [3.05, 3.63) is 33.4 Å². The normalized spacial score (nSPS) is 38.4. The summed E-state index contributed by atoms with van der Waals surface area (Å²) >= 11 is 6.16. The Balaban J connectivity index is 1.69. The molecule has 1 aromatic rings. The summed E-state index contributed by atoms with van der Waals surface area (Å²) in [6, 6.07) is 8.54. The Kier molecular flexibility index (Phi) is 4.45. The molecule has 1 aromatic carbocycles. The van der Waals surface area contributed by atoms with E-state index >= 15 is 0 Å². The molecule has 2 aliphatic heterocycles. The topological polar surface area (TPSA) is 18.5 Å². The molecule has 2 heterocycles. The van der Waals surface area contributed by atoms with Crippen LogP contribution >= 0.6 is 38.5 Å². The Morgan fingerprint density at radius 1 is 1.33 bits per heavy atom. The van der Waals surface area contributed by atoms with E-state index in [0.717, 1.165) is 12.8 Å². The molecule has 4 heteroatoms. The molecule has 0 spiro atoms. The van der Waals surface area contributed by atoms with Crippen LogP contribution in [0.5, 0.6) is 0 Å². The van der Waals surface area contributed by atoms with Gasteiger partial charge in [0.15, 0.2) is 0 Å². The van der Waals surface area contributed by atoms with Crippen molar-refractivity contribution >= 4 is 38.5 Å². The van der Waals surface area contributed by atoms with E-state index in [1.165, 1.54) is 9.13 Å². The first-order valence-corrected chi connectivity index (χ1v) is 9.55. The minimum atomic E-state index is -0.151. The lowest BCUT2D eigenvalue weighted by atomic mass is 9.75. The first-order valence-electron chi connectivity index (χ1n) is 7.56. The van der Waals surface area contributed by atoms with Crippen LogP contribution in [-0.2, 0) is 16.1 Å². The van der Waals surface area contributed by atoms with Gasteiger partial charge in [0.1, 0.15) is 0 Å². The van der Waals surface area contributed by atoms with E-state index in [4.69, 9.17) is 9.47 Å². The Morgan fingerprint density at radius 2 is 2.00 bits per heavy atom. The van der Waals surface area contributed by atoms with Crippen LogP contribution in [0.25, 0.3) is 0 Å². The fourth-order valence-corrected chi connectivity index (χ4v) is 5.48. The standard InChI is InChI=1S/C17H22BrIO2/c1-11(2)17-9-15(16(3,21-17)8-14(17)18)20-10-12-4-6-13(19)7-5-12/h4-7,11,14-15H,8-10H2,1-3H3/t14-,15+,16-,17+/m0/s1. The number of rotatable bonds is 4. The molecule has 4 atom stereocenters. The van der Waals surface area contributed by atoms with Gasteiger partial charge in [0, 0.05) is 14.8 Å². The fraction of sp³-hybridized carbons (Fsp3) is 0.647. The molecule has 0 saturated carbocycles. The molecule has 0 radical (unpaired) electrons. The van der Waals surface area contributed by atoms with E-state index in [0.29, 0.717) is 17.4 Å². The minimum absolute atomic E-state index is 0.0640. The largest absolute Gasteiger partial charge is 0.370 e. The van der Waals surface area contributed by atoms with Gasteiger partial charge < -0.3 is 9.47 Å². The second kappa shape index (κ2) is 5.77. The van der Waals surface area contributed by atoms with E-state index in [1.54, 1.807) is 0 Å². The van der Waals surface area contributed by atoms with E-state index in [9.17, 15) is 0 Å². The molecule has 2 nitrogen and oxygen atoms in total. The number of hydrogen-bond donors (Lipinski definition) is 0. The van der Waals surface area contributed by atoms with E-state index in [1.807, 2.05) is 0 Å². The molecule has 0 amide bonds. The van der Waals surface area contributed by atoms with Crippen molar-refractivity contribution in [2.75, 3.05) is 0 Å². The molecule has 2 bridgehead atoms. The molecule has 116 valence electrons. The van der Waals surface area contributed by atoms with Crippen LogP contribution in [0.4, 0.5) is 0 Å². The molecule has 0 N–H and O–H groups in total. The third kappa shape index (κ3) is 2.81. The second-order valence-corrected chi connectivity index (χ2v) is 9.18. The third-order valence-electron chi connectivity index (χ3n) is 5.07. The zero-order valence-corrected chi connectivity index (χ0v) is 16.5. The number of alkyl halides is 1. The number of benzene rings is 1. The number of ether oxygens (including phenoxy) is 2. The van der Waals surface area contributed by atoms with Gasteiger partial charge >= 0.3 is 0 Å². The van der Waals surface area contributed by atoms with Crippen LogP contribution < -0.4 is 0 Å². The molecular formula is C17H22BrIO2. The Morgan fingerprint density at radius 3 is 2.57 bits per heavy atom. The maximum atomic E-state index is 6.47. The average molecular weight is 465 g/mol. The summed E-state index contributed by atoms with van der Waals surface area (Å²) < 4.78 is 14.0. The van der Waals surface area contributed by atoms with Gasteiger partial charge in [0.25, 0.3) is 0 Å². The van der Waals surface area contributed by atoms with Crippen molar-refractivity contribution in [2.45, 2.75) is 62.4 Å². The van der Waals surface area contributed by atoms with Crippen molar-refractivity contribution in [1.29, 1.82) is 0 Å². The van der Waals surface area contributed by atoms with Gasteiger partial charge in [-0.2, -0.15) is 0 Å². The zero-order valence-electron chi connectivity index (χ0n) is 12.7. The lowest BCUT2D eigenvalue weighted by molar-refractivity contribution is -0.0955. The van der Waals surface area contributed by atoms with Gasteiger partial charge in [-0.1, -0.05) is 41.9 Å². The Labute approximate surface area is 149 Å². The van der Waals surface area contributed by atoms with Gasteiger partial charge in [-0.25, -0.2) is 0 Å². The summed E-state index contributed by atoms with van der Waals surface area (Å²) in [6.45, 7) is 7.38. The van der Waals surface area contributed by atoms with Crippen molar-refractivity contribution in [3.8, 4) is 0 Å². The van der Waals surface area contributed by atoms with Crippen LogP contribution in [0.2, 0.25) is 0 Å². The second-order valence-electron chi connectivity index (χ2n) is 6.83. The number of hydrogen-bond acceptors (Lipinski definition) is 2. The summed E-state index contributed by atoms with van der Waals surface area (Å²) in [5, 5.41) is 0. The predicted octanol–water partition coefficient (Wildman–Crippen LogP) is 4.92. The van der Waals surface area contributed by atoms with Gasteiger partial charge in [-0.05, 0) is 59.5 Å². The minimum Gasteiger partial charge on any atom is -0.370 e. The smallest absolute Gasteiger partial charge is 0.0936 e. The highest BCUT2D eigenvalue weighted by Crippen LogP contribution is 2.57. The van der Waals surface area contributed by atoms with Crippen molar-refractivity contribution < 1.29 is 9.47 Å². The van der Waals surface area contributed by atoms with Gasteiger partial charge in [-0.3, -0.25) is 0 Å². The fourth-order valence-electron chi connectivity index (χ4n) is 3.67. The molecule has 21 heavy (non-hydrogen) atoms. The molecule has 2 fully saturated rings. The molecule has 0 aromatic heterocycles. The summed E-state index contributed by atoms with van der Waals surface area (Å²) in [4.78, 5) is 0.438. The van der Waals surface area contributed by atoms with Crippen molar-refractivity contribution in [2.24, 2.45) is 5.92 Å². The van der Waals surface area contributed by atoms with E-state index in [2.05, 4.69) is 83.6 Å². The summed E-state index contributed by atoms with van der Waals surface area (Å²) in [5.74, 6) is 0.496. The predicted molar refractivity (Wildman–Crippen MR) is 96.7 cm³/mol. The maximum absolute atomic E-state index is 6.47. The molecular weight excluding hydrogens is 443 g/mol. The molecule has 0 unspecified atom stereocenters. The highest BCUT2D eigenvalue weighted by Gasteiger charge is 2.65. The first-order chi connectivity index (χ1) is 9.86. The highest BCUT2D eigenvalue weighted by molar-refractivity contribution is 14.1. The quantitative estimate of drug-likeness (QED) is 0.465. The monoisotopic (exact) mass is 464 g/mol. The lowest BCUT2D eigenvalue weighted by Gasteiger charge is -2.35. The number of halogens is 2. The summed E-state index contributed by atoms with van der Waals surface area (Å²) in [6.07, 6.45) is 2.21.